The number of rotatable bonds is 8. The number of sulfonamides is 1. The maximum atomic E-state index is 12.4. The molecule has 0 heterocycles. The summed E-state index contributed by atoms with van der Waals surface area (Å²) in [6, 6.07) is 6.50. The lowest BCUT2D eigenvalue weighted by molar-refractivity contribution is 0.117. The third-order valence-electron chi connectivity index (χ3n) is 3.43. The minimum Gasteiger partial charge on any atom is -0.392 e. The molecule has 1 aliphatic rings. The second kappa shape index (κ2) is 6.67. The Bertz CT molecular complexity index is 540. The van der Waals surface area contributed by atoms with Crippen LogP contribution in [0.5, 0.6) is 0 Å². The van der Waals surface area contributed by atoms with Gasteiger partial charge in [0, 0.05) is 20.2 Å². The number of likely N-dealkylation sites (N-methyl/N-ethyl adjacent to an activating group) is 1. The first kappa shape index (κ1) is 15.4. The zero-order valence-electron chi connectivity index (χ0n) is 11.7. The van der Waals surface area contributed by atoms with E-state index < -0.39 is 10.0 Å². The molecule has 0 bridgehead atoms. The number of hydrogen-bond donors (Lipinski definition) is 1. The minimum atomic E-state index is -3.57. The minimum absolute atomic E-state index is 0.159. The van der Waals surface area contributed by atoms with Crippen molar-refractivity contribution in [1.82, 2.24) is 4.31 Å². The summed E-state index contributed by atoms with van der Waals surface area (Å²) in [4.78, 5) is 0.159. The molecule has 0 saturated heterocycles. The molecule has 20 heavy (non-hydrogen) atoms. The average molecular weight is 299 g/mol. The van der Waals surface area contributed by atoms with Crippen LogP contribution in [-0.2, 0) is 21.4 Å². The second-order valence-electron chi connectivity index (χ2n) is 5.11. The van der Waals surface area contributed by atoms with Gasteiger partial charge in [-0.25, -0.2) is 8.42 Å². The fraction of sp³-hybridized carbons (Fsp3) is 0.571. The molecular weight excluding hydrogens is 278 g/mol. The Morgan fingerprint density at radius 2 is 2.05 bits per heavy atom. The van der Waals surface area contributed by atoms with E-state index in [1.165, 1.54) is 30.3 Å². The molecule has 0 atom stereocenters. The topological polar surface area (TPSA) is 66.8 Å². The molecule has 6 heteroatoms. The van der Waals surface area contributed by atoms with E-state index in [1.807, 2.05) is 0 Å². The van der Waals surface area contributed by atoms with E-state index in [-0.39, 0.29) is 11.5 Å². The molecule has 0 amide bonds. The average Bonchev–Trinajstić information content (AvgIpc) is 3.27. The predicted octanol–water partition coefficient (Wildman–Crippen LogP) is 1.23. The van der Waals surface area contributed by atoms with E-state index in [2.05, 4.69) is 0 Å². The van der Waals surface area contributed by atoms with Crippen LogP contribution < -0.4 is 0 Å². The lowest BCUT2D eigenvalue weighted by atomic mass is 10.2. The van der Waals surface area contributed by atoms with Gasteiger partial charge in [-0.2, -0.15) is 4.31 Å². The van der Waals surface area contributed by atoms with Gasteiger partial charge in [0.15, 0.2) is 0 Å². The van der Waals surface area contributed by atoms with Gasteiger partial charge in [0.1, 0.15) is 0 Å². The zero-order valence-corrected chi connectivity index (χ0v) is 12.5. The normalized spacial score (nSPS) is 15.8. The highest BCUT2D eigenvalue weighted by molar-refractivity contribution is 7.89. The van der Waals surface area contributed by atoms with Crippen LogP contribution in [0.2, 0.25) is 0 Å². The summed E-state index contributed by atoms with van der Waals surface area (Å²) in [5.74, 6) is 0.673. The van der Waals surface area contributed by atoms with E-state index in [0.717, 1.165) is 6.61 Å². The maximum Gasteiger partial charge on any atom is 0.243 e. The standard InChI is InChI=1S/C14H21NO4S/c1-15(8-9-19-11-12-6-7-12)20(17,18)14-5-3-2-4-13(14)10-16/h2-5,12,16H,6-11H2,1H3. The van der Waals surface area contributed by atoms with Crippen molar-refractivity contribution in [3.8, 4) is 0 Å². The molecule has 1 saturated carbocycles. The van der Waals surface area contributed by atoms with Gasteiger partial charge in [0.05, 0.1) is 18.1 Å². The summed E-state index contributed by atoms with van der Waals surface area (Å²) in [6.07, 6.45) is 2.44. The molecule has 2 rings (SSSR count). The van der Waals surface area contributed by atoms with E-state index in [9.17, 15) is 13.5 Å². The van der Waals surface area contributed by atoms with Crippen LogP contribution in [0.3, 0.4) is 0 Å². The van der Waals surface area contributed by atoms with E-state index in [4.69, 9.17) is 4.74 Å². The molecular formula is C14H21NO4S. The van der Waals surface area contributed by atoms with Gasteiger partial charge in [-0.05, 0) is 30.4 Å². The SMILES string of the molecule is CN(CCOCC1CC1)S(=O)(=O)c1ccccc1CO. The summed E-state index contributed by atoms with van der Waals surface area (Å²) in [5.41, 5.74) is 0.415. The van der Waals surface area contributed by atoms with Crippen molar-refractivity contribution in [2.45, 2.75) is 24.3 Å². The summed E-state index contributed by atoms with van der Waals surface area (Å²) < 4.78 is 31.6. The van der Waals surface area contributed by atoms with Gasteiger partial charge in [0.25, 0.3) is 0 Å². The number of nitrogens with zero attached hydrogens (tertiary/aromatic N) is 1. The third kappa shape index (κ3) is 3.79. The Balaban J connectivity index is 1.96. The van der Waals surface area contributed by atoms with E-state index in [1.54, 1.807) is 18.2 Å². The second-order valence-corrected chi connectivity index (χ2v) is 7.12. The van der Waals surface area contributed by atoms with Crippen molar-refractivity contribution in [3.63, 3.8) is 0 Å². The highest BCUT2D eigenvalue weighted by Gasteiger charge is 2.24. The highest BCUT2D eigenvalue weighted by Crippen LogP contribution is 2.28. The molecule has 1 aromatic carbocycles. The van der Waals surface area contributed by atoms with Gasteiger partial charge >= 0.3 is 0 Å². The Morgan fingerprint density at radius 1 is 1.35 bits per heavy atom. The van der Waals surface area contributed by atoms with Crippen LogP contribution in [-0.4, -0.2) is 44.6 Å². The number of ether oxygens (including phenoxy) is 1. The summed E-state index contributed by atoms with van der Waals surface area (Å²) in [6.45, 7) is 1.14. The maximum absolute atomic E-state index is 12.4. The van der Waals surface area contributed by atoms with Gasteiger partial charge in [0.2, 0.25) is 10.0 Å². The highest BCUT2D eigenvalue weighted by atomic mass is 32.2. The van der Waals surface area contributed by atoms with E-state index in [0.29, 0.717) is 24.6 Å². The van der Waals surface area contributed by atoms with Crippen molar-refractivity contribution in [3.05, 3.63) is 29.8 Å². The quantitative estimate of drug-likeness (QED) is 0.733. The summed E-state index contributed by atoms with van der Waals surface area (Å²) in [5, 5.41) is 9.24. The van der Waals surface area contributed by atoms with Gasteiger partial charge in [-0.3, -0.25) is 0 Å². The molecule has 0 aromatic heterocycles. The molecule has 5 nitrogen and oxygen atoms in total. The molecule has 1 aromatic rings. The Kier molecular flexibility index (Phi) is 5.15. The van der Waals surface area contributed by atoms with Crippen LogP contribution in [0, 0.1) is 5.92 Å². The fourth-order valence-electron chi connectivity index (χ4n) is 1.90. The number of hydrogen-bond acceptors (Lipinski definition) is 4. The first-order valence-corrected chi connectivity index (χ1v) is 8.22. The van der Waals surface area contributed by atoms with Crippen LogP contribution in [0.1, 0.15) is 18.4 Å². The Morgan fingerprint density at radius 3 is 2.70 bits per heavy atom. The molecule has 0 spiro atoms. The van der Waals surface area contributed by atoms with Crippen molar-refractivity contribution in [2.24, 2.45) is 5.92 Å². The summed E-state index contributed by atoms with van der Waals surface area (Å²) >= 11 is 0. The number of benzene rings is 1. The molecule has 112 valence electrons. The fourth-order valence-corrected chi connectivity index (χ4v) is 3.27. The van der Waals surface area contributed by atoms with Crippen LogP contribution in [0.4, 0.5) is 0 Å². The first-order valence-electron chi connectivity index (χ1n) is 6.78. The van der Waals surface area contributed by atoms with Crippen molar-refractivity contribution < 1.29 is 18.3 Å². The van der Waals surface area contributed by atoms with Gasteiger partial charge in [-0.15, -0.1) is 0 Å². The molecule has 1 fully saturated rings. The van der Waals surface area contributed by atoms with Crippen LogP contribution >= 0.6 is 0 Å². The van der Waals surface area contributed by atoms with Gasteiger partial charge in [-0.1, -0.05) is 18.2 Å². The van der Waals surface area contributed by atoms with Crippen LogP contribution in [0.15, 0.2) is 29.2 Å². The van der Waals surface area contributed by atoms with Crippen molar-refractivity contribution in [1.29, 1.82) is 0 Å². The van der Waals surface area contributed by atoms with E-state index >= 15 is 0 Å². The third-order valence-corrected chi connectivity index (χ3v) is 5.39. The lowest BCUT2D eigenvalue weighted by Gasteiger charge is -2.18. The molecule has 0 aliphatic heterocycles. The van der Waals surface area contributed by atoms with Crippen LogP contribution in [0.25, 0.3) is 0 Å². The number of aliphatic hydroxyl groups excluding tert-OH is 1. The molecule has 1 aliphatic carbocycles. The Labute approximate surface area is 120 Å². The summed E-state index contributed by atoms with van der Waals surface area (Å²) in [7, 11) is -2.04. The van der Waals surface area contributed by atoms with Crippen molar-refractivity contribution in [2.75, 3.05) is 26.8 Å². The lowest BCUT2D eigenvalue weighted by Crippen LogP contribution is -2.31. The zero-order chi connectivity index (χ0) is 14.6. The molecule has 0 unspecified atom stereocenters. The molecule has 0 radical (unpaired) electrons. The van der Waals surface area contributed by atoms with Crippen molar-refractivity contribution >= 4 is 10.0 Å². The smallest absolute Gasteiger partial charge is 0.243 e. The van der Waals surface area contributed by atoms with Gasteiger partial charge < -0.3 is 9.84 Å². The first-order chi connectivity index (χ1) is 9.55. The monoisotopic (exact) mass is 299 g/mol. The molecule has 1 N–H and O–H groups in total. The Hall–Kier alpha value is -0.950. The number of aliphatic hydroxyl groups is 1. The predicted molar refractivity (Wildman–Crippen MR) is 75.7 cm³/mol. The largest absolute Gasteiger partial charge is 0.392 e.